The van der Waals surface area contributed by atoms with Crippen LogP contribution < -0.4 is 0 Å². The van der Waals surface area contributed by atoms with E-state index in [9.17, 15) is 19.8 Å². The molecule has 2 aliphatic carbocycles. The molecule has 1 heterocycles. The highest BCUT2D eigenvalue weighted by Crippen LogP contribution is 2.72. The number of carbonyl (C=O) groups is 2. The second-order valence-electron chi connectivity index (χ2n) is 7.37. The molecule has 0 radical (unpaired) electrons. The van der Waals surface area contributed by atoms with E-state index in [1.807, 2.05) is 13.8 Å². The van der Waals surface area contributed by atoms with Crippen molar-refractivity contribution in [2.45, 2.75) is 45.8 Å². The fourth-order valence-corrected chi connectivity index (χ4v) is 4.97. The van der Waals surface area contributed by atoms with Gasteiger partial charge >= 0.3 is 11.9 Å². The molecule has 6 atom stereocenters. The predicted molar refractivity (Wildman–Crippen MR) is 80.1 cm³/mol. The van der Waals surface area contributed by atoms with Crippen LogP contribution in [0.3, 0.4) is 0 Å². The molecule has 1 aliphatic heterocycles. The van der Waals surface area contributed by atoms with E-state index < -0.39 is 35.0 Å². The van der Waals surface area contributed by atoms with Crippen LogP contribution in [0, 0.1) is 23.2 Å². The van der Waals surface area contributed by atoms with Crippen LogP contribution >= 0.6 is 0 Å². The third-order valence-electron chi connectivity index (χ3n) is 6.17. The Balaban J connectivity index is 2.04. The molecule has 3 aliphatic rings. The van der Waals surface area contributed by atoms with Crippen LogP contribution in [-0.2, 0) is 19.1 Å². The molecule has 6 heteroatoms. The van der Waals surface area contributed by atoms with E-state index in [4.69, 9.17) is 9.47 Å². The molecule has 3 fully saturated rings. The number of ether oxygens (including phenoxy) is 2. The lowest BCUT2D eigenvalue weighted by atomic mass is 9.65. The van der Waals surface area contributed by atoms with Gasteiger partial charge in [0.15, 0.2) is 0 Å². The Hall–Kier alpha value is -1.40. The zero-order chi connectivity index (χ0) is 17.2. The fourth-order valence-electron chi connectivity index (χ4n) is 4.97. The SMILES string of the molecule is CCOC(=O)/C(C)=C1/C(=O)O[C@]2(C)[C@H]([C@H]1O)[C@@](C)(CO)[C@@H]1C[C@@H]12. The molecule has 23 heavy (non-hydrogen) atoms. The van der Waals surface area contributed by atoms with Crippen LogP contribution in [-0.4, -0.2) is 47.1 Å². The van der Waals surface area contributed by atoms with Gasteiger partial charge in [0.1, 0.15) is 5.60 Å². The third kappa shape index (κ3) is 2.01. The quantitative estimate of drug-likeness (QED) is 0.589. The van der Waals surface area contributed by atoms with E-state index in [0.29, 0.717) is 0 Å². The highest BCUT2D eigenvalue weighted by Gasteiger charge is 2.76. The summed E-state index contributed by atoms with van der Waals surface area (Å²) in [6.45, 7) is 7.00. The average Bonchev–Trinajstić information content (AvgIpc) is 3.24. The Morgan fingerprint density at radius 3 is 2.61 bits per heavy atom. The van der Waals surface area contributed by atoms with Gasteiger partial charge in [-0.25, -0.2) is 9.59 Å². The van der Waals surface area contributed by atoms with E-state index in [2.05, 4.69) is 0 Å². The summed E-state index contributed by atoms with van der Waals surface area (Å²) in [4.78, 5) is 24.4. The topological polar surface area (TPSA) is 93.1 Å². The van der Waals surface area contributed by atoms with Crippen molar-refractivity contribution in [2.75, 3.05) is 13.2 Å². The molecule has 0 bridgehead atoms. The van der Waals surface area contributed by atoms with Crippen molar-refractivity contribution in [3.63, 3.8) is 0 Å². The Kier molecular flexibility index (Phi) is 3.61. The van der Waals surface area contributed by atoms with Crippen LogP contribution in [0.25, 0.3) is 0 Å². The number of rotatable bonds is 3. The number of hydrogen-bond donors (Lipinski definition) is 2. The van der Waals surface area contributed by atoms with Gasteiger partial charge in [0, 0.05) is 29.4 Å². The van der Waals surface area contributed by atoms with Gasteiger partial charge in [0.05, 0.1) is 18.3 Å². The maximum absolute atomic E-state index is 12.5. The number of fused-ring (bicyclic) bond motifs is 3. The van der Waals surface area contributed by atoms with E-state index in [0.717, 1.165) is 6.42 Å². The molecule has 2 N–H and O–H groups in total. The van der Waals surface area contributed by atoms with Gasteiger partial charge in [-0.2, -0.15) is 0 Å². The van der Waals surface area contributed by atoms with Crippen molar-refractivity contribution < 1.29 is 29.3 Å². The number of hydrogen-bond acceptors (Lipinski definition) is 6. The molecule has 6 nitrogen and oxygen atoms in total. The summed E-state index contributed by atoms with van der Waals surface area (Å²) in [6.07, 6.45) is -0.254. The van der Waals surface area contributed by atoms with E-state index in [1.165, 1.54) is 6.92 Å². The van der Waals surface area contributed by atoms with Gasteiger partial charge in [-0.05, 0) is 33.1 Å². The highest BCUT2D eigenvalue weighted by atomic mass is 16.6. The summed E-state index contributed by atoms with van der Waals surface area (Å²) in [5.74, 6) is -1.33. The van der Waals surface area contributed by atoms with Gasteiger partial charge < -0.3 is 19.7 Å². The zero-order valence-electron chi connectivity index (χ0n) is 14.0. The second kappa shape index (κ2) is 5.05. The molecule has 0 aromatic heterocycles. The number of carbonyl (C=O) groups excluding carboxylic acids is 2. The first kappa shape index (κ1) is 16.5. The van der Waals surface area contributed by atoms with Gasteiger partial charge in [-0.15, -0.1) is 0 Å². The summed E-state index contributed by atoms with van der Waals surface area (Å²) in [5.41, 5.74) is -1.28. The number of aliphatic hydroxyl groups is 2. The summed E-state index contributed by atoms with van der Waals surface area (Å²) in [7, 11) is 0. The Morgan fingerprint density at radius 2 is 2.04 bits per heavy atom. The van der Waals surface area contributed by atoms with Crippen molar-refractivity contribution in [3.8, 4) is 0 Å². The summed E-state index contributed by atoms with van der Waals surface area (Å²) < 4.78 is 10.6. The molecule has 0 aromatic carbocycles. The Bertz CT molecular complexity index is 596. The van der Waals surface area contributed by atoms with Gasteiger partial charge in [-0.3, -0.25) is 0 Å². The van der Waals surface area contributed by atoms with Crippen molar-refractivity contribution in [3.05, 3.63) is 11.1 Å². The minimum atomic E-state index is -1.14. The van der Waals surface area contributed by atoms with Crippen LogP contribution in [0.4, 0.5) is 0 Å². The van der Waals surface area contributed by atoms with Crippen LogP contribution in [0.2, 0.25) is 0 Å². The van der Waals surface area contributed by atoms with Crippen molar-refractivity contribution in [1.82, 2.24) is 0 Å². The lowest BCUT2D eigenvalue weighted by molar-refractivity contribution is -0.186. The maximum Gasteiger partial charge on any atom is 0.337 e. The second-order valence-corrected chi connectivity index (χ2v) is 7.37. The number of aliphatic hydroxyl groups excluding tert-OH is 2. The monoisotopic (exact) mass is 324 g/mol. The van der Waals surface area contributed by atoms with E-state index in [1.54, 1.807) is 6.92 Å². The first-order valence-electron chi connectivity index (χ1n) is 8.12. The smallest absolute Gasteiger partial charge is 0.337 e. The predicted octanol–water partition coefficient (Wildman–Crippen LogP) is 0.807. The molecule has 0 amide bonds. The zero-order valence-corrected chi connectivity index (χ0v) is 14.0. The Morgan fingerprint density at radius 1 is 1.39 bits per heavy atom. The standard InChI is InChI=1S/C17H24O6/c1-5-22-14(20)8(2)11-12(19)13-16(3,7-18)9-6-10(9)17(13,4)23-15(11)21/h9-10,12-13,18-19H,5-7H2,1-4H3/b11-8+/t9-,10+,12+,13-,16+,17+/m1/s1. The normalized spacial score (nSPS) is 46.6. The van der Waals surface area contributed by atoms with Crippen molar-refractivity contribution >= 4 is 11.9 Å². The van der Waals surface area contributed by atoms with Crippen molar-refractivity contribution in [2.24, 2.45) is 23.2 Å². The fraction of sp³-hybridized carbons (Fsp3) is 0.765. The lowest BCUT2D eigenvalue weighted by Gasteiger charge is -2.48. The molecule has 0 unspecified atom stereocenters. The van der Waals surface area contributed by atoms with Crippen molar-refractivity contribution in [1.29, 1.82) is 0 Å². The molecule has 2 saturated carbocycles. The first-order chi connectivity index (χ1) is 10.7. The molecule has 0 spiro atoms. The summed E-state index contributed by atoms with van der Waals surface area (Å²) in [6, 6.07) is 0. The molecular weight excluding hydrogens is 300 g/mol. The van der Waals surface area contributed by atoms with Gasteiger partial charge in [0.2, 0.25) is 0 Å². The largest absolute Gasteiger partial charge is 0.463 e. The molecule has 0 aromatic rings. The molecule has 1 saturated heterocycles. The molecular formula is C17H24O6. The minimum absolute atomic E-state index is 0.0353. The summed E-state index contributed by atoms with van der Waals surface area (Å²) >= 11 is 0. The summed E-state index contributed by atoms with van der Waals surface area (Å²) in [5, 5.41) is 20.8. The van der Waals surface area contributed by atoms with Gasteiger partial charge in [0.25, 0.3) is 0 Å². The van der Waals surface area contributed by atoms with Crippen LogP contribution in [0.15, 0.2) is 11.1 Å². The minimum Gasteiger partial charge on any atom is -0.463 e. The Labute approximate surface area is 135 Å². The molecule has 128 valence electrons. The van der Waals surface area contributed by atoms with E-state index >= 15 is 0 Å². The lowest BCUT2D eigenvalue weighted by Crippen LogP contribution is -2.57. The first-order valence-corrected chi connectivity index (χ1v) is 8.12. The average molecular weight is 324 g/mol. The third-order valence-corrected chi connectivity index (χ3v) is 6.17. The highest BCUT2D eigenvalue weighted by molar-refractivity contribution is 6.01. The van der Waals surface area contributed by atoms with Crippen LogP contribution in [0.5, 0.6) is 0 Å². The number of esters is 2. The van der Waals surface area contributed by atoms with Gasteiger partial charge in [-0.1, -0.05) is 6.92 Å². The maximum atomic E-state index is 12.5. The molecule has 3 rings (SSSR count). The van der Waals surface area contributed by atoms with E-state index in [-0.39, 0.29) is 36.2 Å². The van der Waals surface area contributed by atoms with Crippen LogP contribution in [0.1, 0.15) is 34.1 Å².